The van der Waals surface area contributed by atoms with Gasteiger partial charge >= 0.3 is 0 Å². The van der Waals surface area contributed by atoms with Crippen LogP contribution in [0.2, 0.25) is 0 Å². The second-order valence-electron chi connectivity index (χ2n) is 4.85. The Kier molecular flexibility index (Phi) is 5.05. The van der Waals surface area contributed by atoms with Gasteiger partial charge in [0.15, 0.2) is 0 Å². The first-order chi connectivity index (χ1) is 6.12. The van der Waals surface area contributed by atoms with E-state index >= 15 is 0 Å². The molecule has 0 spiro atoms. The molecule has 0 aliphatic heterocycles. The van der Waals surface area contributed by atoms with Crippen molar-refractivity contribution in [1.29, 1.82) is 0 Å². The number of sulfonamides is 1. The van der Waals surface area contributed by atoms with Crippen molar-refractivity contribution in [1.82, 2.24) is 4.72 Å². The van der Waals surface area contributed by atoms with Gasteiger partial charge < -0.3 is 5.11 Å². The minimum Gasteiger partial charge on any atom is -0.393 e. The zero-order valence-electron chi connectivity index (χ0n) is 9.37. The van der Waals surface area contributed by atoms with E-state index in [9.17, 15) is 8.42 Å². The van der Waals surface area contributed by atoms with Crippen LogP contribution in [-0.2, 0) is 10.0 Å². The van der Waals surface area contributed by atoms with Crippen LogP contribution in [0.1, 0.15) is 34.1 Å². The highest BCUT2D eigenvalue weighted by atomic mass is 32.2. The Morgan fingerprint density at radius 1 is 1.36 bits per heavy atom. The fraction of sp³-hybridized carbons (Fsp3) is 1.00. The molecule has 0 radical (unpaired) electrons. The molecule has 5 heteroatoms. The summed E-state index contributed by atoms with van der Waals surface area (Å²) < 4.78 is 25.3. The first kappa shape index (κ1) is 13.9. The summed E-state index contributed by atoms with van der Waals surface area (Å²) >= 11 is 0. The average Bonchev–Trinajstić information content (AvgIpc) is 1.78. The normalized spacial score (nSPS) is 15.5. The number of nitrogens with one attached hydrogen (secondary N) is 1. The molecule has 0 saturated heterocycles. The van der Waals surface area contributed by atoms with Crippen LogP contribution in [0.15, 0.2) is 0 Å². The highest BCUT2D eigenvalue weighted by Crippen LogP contribution is 2.15. The van der Waals surface area contributed by atoms with Crippen molar-refractivity contribution in [2.24, 2.45) is 5.41 Å². The monoisotopic (exact) mass is 223 g/mol. The maximum atomic E-state index is 11.4. The summed E-state index contributed by atoms with van der Waals surface area (Å²) in [6.45, 7) is 7.57. The Morgan fingerprint density at radius 2 is 1.86 bits per heavy atom. The summed E-state index contributed by atoms with van der Waals surface area (Å²) in [5.41, 5.74) is -0.239. The van der Waals surface area contributed by atoms with Crippen LogP contribution in [-0.4, -0.2) is 31.9 Å². The van der Waals surface area contributed by atoms with Crippen LogP contribution < -0.4 is 4.72 Å². The highest BCUT2D eigenvalue weighted by Gasteiger charge is 2.20. The van der Waals surface area contributed by atoms with E-state index in [0.29, 0.717) is 13.0 Å². The molecule has 1 unspecified atom stereocenters. The van der Waals surface area contributed by atoms with Gasteiger partial charge in [-0.15, -0.1) is 0 Å². The van der Waals surface area contributed by atoms with Gasteiger partial charge in [-0.3, -0.25) is 0 Å². The van der Waals surface area contributed by atoms with Gasteiger partial charge in [-0.05, 0) is 18.8 Å². The van der Waals surface area contributed by atoms with Crippen LogP contribution in [0, 0.1) is 5.41 Å². The largest absolute Gasteiger partial charge is 0.393 e. The third-order valence-corrected chi connectivity index (χ3v) is 3.40. The summed E-state index contributed by atoms with van der Waals surface area (Å²) in [5.74, 6) is 0.111. The van der Waals surface area contributed by atoms with E-state index in [1.54, 1.807) is 6.92 Å². The number of aliphatic hydroxyl groups is 1. The molecule has 2 N–H and O–H groups in total. The quantitative estimate of drug-likeness (QED) is 0.722. The van der Waals surface area contributed by atoms with E-state index in [-0.39, 0.29) is 11.2 Å². The minimum absolute atomic E-state index is 0.111. The molecule has 14 heavy (non-hydrogen) atoms. The average molecular weight is 223 g/mol. The van der Waals surface area contributed by atoms with Crippen LogP contribution >= 0.6 is 0 Å². The van der Waals surface area contributed by atoms with Crippen LogP contribution in [0.25, 0.3) is 0 Å². The summed E-state index contributed by atoms with van der Waals surface area (Å²) in [4.78, 5) is 0. The molecule has 0 aliphatic rings. The molecule has 0 bridgehead atoms. The van der Waals surface area contributed by atoms with E-state index in [4.69, 9.17) is 5.11 Å². The Balaban J connectivity index is 3.98. The predicted molar refractivity (Wildman–Crippen MR) is 57.5 cm³/mol. The third kappa shape index (κ3) is 8.47. The topological polar surface area (TPSA) is 66.4 Å². The van der Waals surface area contributed by atoms with Crippen LogP contribution in [0.3, 0.4) is 0 Å². The molecule has 0 aliphatic carbocycles. The van der Waals surface area contributed by atoms with Crippen molar-refractivity contribution in [2.45, 2.75) is 40.2 Å². The lowest BCUT2D eigenvalue weighted by Crippen LogP contribution is -2.33. The summed E-state index contributed by atoms with van der Waals surface area (Å²) in [7, 11) is -3.20. The molecule has 86 valence electrons. The number of aliphatic hydroxyl groups excluding tert-OH is 1. The molecule has 1 atom stereocenters. The zero-order valence-corrected chi connectivity index (χ0v) is 10.2. The SMILES string of the molecule is CC(O)CCNS(=O)(=O)CC(C)(C)C. The number of rotatable bonds is 5. The first-order valence-corrected chi connectivity index (χ1v) is 6.43. The number of hydrogen-bond acceptors (Lipinski definition) is 3. The minimum atomic E-state index is -3.20. The van der Waals surface area contributed by atoms with E-state index in [2.05, 4.69) is 4.72 Å². The lowest BCUT2D eigenvalue weighted by molar-refractivity contribution is 0.186. The predicted octanol–water partition coefficient (Wildman–Crippen LogP) is 0.723. The van der Waals surface area contributed by atoms with Crippen molar-refractivity contribution >= 4 is 10.0 Å². The molecule has 0 aromatic carbocycles. The maximum absolute atomic E-state index is 11.4. The second kappa shape index (κ2) is 5.09. The van der Waals surface area contributed by atoms with Gasteiger partial charge in [0.2, 0.25) is 10.0 Å². The van der Waals surface area contributed by atoms with E-state index in [1.807, 2.05) is 20.8 Å². The lowest BCUT2D eigenvalue weighted by atomic mass is 10.0. The third-order valence-electron chi connectivity index (χ3n) is 1.51. The molecule has 0 amide bonds. The highest BCUT2D eigenvalue weighted by molar-refractivity contribution is 7.89. The van der Waals surface area contributed by atoms with Crippen molar-refractivity contribution in [3.05, 3.63) is 0 Å². The standard InChI is InChI=1S/C9H21NO3S/c1-8(11)5-6-10-14(12,13)7-9(2,3)4/h8,10-11H,5-7H2,1-4H3. The zero-order chi connectivity index (χ0) is 11.4. The lowest BCUT2D eigenvalue weighted by Gasteiger charge is -2.18. The maximum Gasteiger partial charge on any atom is 0.212 e. The van der Waals surface area contributed by atoms with Gasteiger partial charge in [0.1, 0.15) is 0 Å². The van der Waals surface area contributed by atoms with Crippen LogP contribution in [0.4, 0.5) is 0 Å². The summed E-state index contributed by atoms with van der Waals surface area (Å²) in [6, 6.07) is 0. The van der Waals surface area contributed by atoms with Gasteiger partial charge in [-0.1, -0.05) is 20.8 Å². The Morgan fingerprint density at radius 3 is 2.21 bits per heavy atom. The van der Waals surface area contributed by atoms with Gasteiger partial charge in [0, 0.05) is 6.54 Å². The van der Waals surface area contributed by atoms with Gasteiger partial charge in [-0.2, -0.15) is 0 Å². The fourth-order valence-corrected chi connectivity index (χ4v) is 2.72. The smallest absolute Gasteiger partial charge is 0.212 e. The fourth-order valence-electron chi connectivity index (χ4n) is 1.04. The molecular formula is C9H21NO3S. The molecule has 0 heterocycles. The summed E-state index contributed by atoms with van der Waals surface area (Å²) in [5, 5.41) is 8.95. The van der Waals surface area contributed by atoms with Crippen molar-refractivity contribution in [3.8, 4) is 0 Å². The van der Waals surface area contributed by atoms with Gasteiger partial charge in [0.05, 0.1) is 11.9 Å². The molecule has 0 aromatic heterocycles. The van der Waals surface area contributed by atoms with Crippen LogP contribution in [0.5, 0.6) is 0 Å². The van der Waals surface area contributed by atoms with Gasteiger partial charge in [0.25, 0.3) is 0 Å². The van der Waals surface area contributed by atoms with E-state index < -0.39 is 16.1 Å². The second-order valence-corrected chi connectivity index (χ2v) is 6.66. The van der Waals surface area contributed by atoms with Crippen molar-refractivity contribution in [3.63, 3.8) is 0 Å². The Bertz CT molecular complexity index is 252. The summed E-state index contributed by atoms with van der Waals surface area (Å²) in [6.07, 6.45) is -0.0176. The molecule has 0 aromatic rings. The van der Waals surface area contributed by atoms with E-state index in [1.165, 1.54) is 0 Å². The Labute approximate surface area is 86.8 Å². The Hall–Kier alpha value is -0.130. The van der Waals surface area contributed by atoms with E-state index in [0.717, 1.165) is 0 Å². The van der Waals surface area contributed by atoms with Crippen molar-refractivity contribution < 1.29 is 13.5 Å². The van der Waals surface area contributed by atoms with Crippen molar-refractivity contribution in [2.75, 3.05) is 12.3 Å². The number of hydrogen-bond donors (Lipinski definition) is 2. The molecule has 0 fully saturated rings. The molecule has 0 saturated carbocycles. The first-order valence-electron chi connectivity index (χ1n) is 4.78. The molecular weight excluding hydrogens is 202 g/mol. The molecule has 0 rings (SSSR count). The van der Waals surface area contributed by atoms with Gasteiger partial charge in [-0.25, -0.2) is 13.1 Å². The molecule has 4 nitrogen and oxygen atoms in total.